The number of allylic oxidation sites excluding steroid dienone is 1. The molecule has 5 nitrogen and oxygen atoms in total. The van der Waals surface area contributed by atoms with Crippen LogP contribution < -0.4 is 15.6 Å². The van der Waals surface area contributed by atoms with Crippen molar-refractivity contribution in [3.8, 4) is 5.75 Å². The van der Waals surface area contributed by atoms with E-state index in [1.54, 1.807) is 30.5 Å². The van der Waals surface area contributed by atoms with Crippen molar-refractivity contribution >= 4 is 39.2 Å². The van der Waals surface area contributed by atoms with Gasteiger partial charge in [-0.05, 0) is 58.4 Å². The fourth-order valence-electron chi connectivity index (χ4n) is 2.10. The van der Waals surface area contributed by atoms with Crippen LogP contribution in [0.2, 0.25) is 5.02 Å². The van der Waals surface area contributed by atoms with Crippen LogP contribution in [0.4, 0.5) is 10.5 Å². The summed E-state index contributed by atoms with van der Waals surface area (Å²) in [6.45, 7) is 0.413. The Hall–Kier alpha value is -2.44. The SMILES string of the molecule is O=C(NNc1ccc(Cl)c(Br)c1)N1C=CC(Oc2ccccc2)=CC1. The maximum atomic E-state index is 12.2. The summed E-state index contributed by atoms with van der Waals surface area (Å²) in [5.41, 5.74) is 6.19. The molecular formula is C18H15BrClN3O2. The first kappa shape index (κ1) is 17.4. The van der Waals surface area contributed by atoms with Gasteiger partial charge in [-0.15, -0.1) is 0 Å². The first-order valence-electron chi connectivity index (χ1n) is 7.51. The number of carbonyl (C=O) groups excluding carboxylic acids is 1. The average molecular weight is 421 g/mol. The molecule has 0 unspecified atom stereocenters. The number of halogens is 2. The second-order valence-electron chi connectivity index (χ2n) is 5.17. The van der Waals surface area contributed by atoms with Gasteiger partial charge in [0.05, 0.1) is 10.7 Å². The monoisotopic (exact) mass is 419 g/mol. The molecule has 0 aromatic heterocycles. The number of hydrazine groups is 1. The van der Waals surface area contributed by atoms with Crippen molar-refractivity contribution in [1.29, 1.82) is 0 Å². The summed E-state index contributed by atoms with van der Waals surface area (Å²) in [6, 6.07) is 14.5. The molecule has 0 bridgehead atoms. The largest absolute Gasteiger partial charge is 0.458 e. The molecular weight excluding hydrogens is 406 g/mol. The predicted molar refractivity (Wildman–Crippen MR) is 102 cm³/mol. The van der Waals surface area contributed by atoms with Crippen molar-refractivity contribution in [2.75, 3.05) is 12.0 Å². The molecule has 0 aliphatic carbocycles. The highest BCUT2D eigenvalue weighted by atomic mass is 79.9. The van der Waals surface area contributed by atoms with E-state index in [-0.39, 0.29) is 6.03 Å². The molecule has 0 radical (unpaired) electrons. The Balaban J connectivity index is 1.51. The Morgan fingerprint density at radius 3 is 2.68 bits per heavy atom. The van der Waals surface area contributed by atoms with Crippen LogP contribution in [0.15, 0.2) is 77.1 Å². The fraction of sp³-hybridized carbons (Fsp3) is 0.0556. The van der Waals surface area contributed by atoms with Crippen molar-refractivity contribution < 1.29 is 9.53 Å². The Morgan fingerprint density at radius 1 is 1.20 bits per heavy atom. The van der Waals surface area contributed by atoms with Crippen LogP contribution in [-0.4, -0.2) is 17.5 Å². The van der Waals surface area contributed by atoms with E-state index in [4.69, 9.17) is 16.3 Å². The number of rotatable bonds is 4. The van der Waals surface area contributed by atoms with Gasteiger partial charge in [0.2, 0.25) is 0 Å². The highest BCUT2D eigenvalue weighted by Gasteiger charge is 2.13. The molecule has 2 N–H and O–H groups in total. The molecule has 2 aromatic rings. The zero-order valence-corrected chi connectivity index (χ0v) is 15.4. The zero-order chi connectivity index (χ0) is 17.6. The van der Waals surface area contributed by atoms with E-state index < -0.39 is 0 Å². The van der Waals surface area contributed by atoms with Gasteiger partial charge in [0, 0.05) is 17.2 Å². The van der Waals surface area contributed by atoms with Crippen LogP contribution in [0.5, 0.6) is 5.75 Å². The molecule has 1 aliphatic heterocycles. The Kier molecular flexibility index (Phi) is 5.63. The number of para-hydroxylation sites is 1. The van der Waals surface area contributed by atoms with E-state index in [0.717, 1.165) is 10.2 Å². The summed E-state index contributed by atoms with van der Waals surface area (Å²) in [4.78, 5) is 13.7. The zero-order valence-electron chi connectivity index (χ0n) is 13.1. The molecule has 128 valence electrons. The molecule has 0 spiro atoms. The van der Waals surface area contributed by atoms with E-state index in [1.165, 1.54) is 4.90 Å². The molecule has 3 rings (SSSR count). The third kappa shape index (κ3) is 4.78. The van der Waals surface area contributed by atoms with Crippen molar-refractivity contribution in [3.63, 3.8) is 0 Å². The van der Waals surface area contributed by atoms with Gasteiger partial charge >= 0.3 is 6.03 Å². The van der Waals surface area contributed by atoms with Crippen LogP contribution in [-0.2, 0) is 0 Å². The van der Waals surface area contributed by atoms with Crippen molar-refractivity contribution in [3.05, 3.63) is 82.1 Å². The molecule has 0 saturated carbocycles. The number of amides is 2. The summed E-state index contributed by atoms with van der Waals surface area (Å²) in [5.74, 6) is 1.45. The first-order valence-corrected chi connectivity index (χ1v) is 8.68. The van der Waals surface area contributed by atoms with Gasteiger partial charge in [0.25, 0.3) is 0 Å². The number of anilines is 1. The maximum absolute atomic E-state index is 12.2. The molecule has 2 aromatic carbocycles. The third-order valence-corrected chi connectivity index (χ3v) is 4.60. The summed E-state index contributed by atoms with van der Waals surface area (Å²) >= 11 is 9.27. The Labute approximate surface area is 159 Å². The van der Waals surface area contributed by atoms with Gasteiger partial charge in [-0.3, -0.25) is 15.8 Å². The van der Waals surface area contributed by atoms with Crippen LogP contribution in [0.1, 0.15) is 0 Å². The second kappa shape index (κ2) is 8.09. The summed E-state index contributed by atoms with van der Waals surface area (Å²) in [6.07, 6.45) is 5.26. The van der Waals surface area contributed by atoms with Crippen LogP contribution in [0.3, 0.4) is 0 Å². The summed E-state index contributed by atoms with van der Waals surface area (Å²) in [7, 11) is 0. The number of benzene rings is 2. The average Bonchev–Trinajstić information content (AvgIpc) is 2.64. The van der Waals surface area contributed by atoms with Crippen molar-refractivity contribution in [2.45, 2.75) is 0 Å². The lowest BCUT2D eigenvalue weighted by Crippen LogP contribution is -2.40. The third-order valence-electron chi connectivity index (χ3n) is 3.38. The van der Waals surface area contributed by atoms with Crippen LogP contribution >= 0.6 is 27.5 Å². The van der Waals surface area contributed by atoms with E-state index in [1.807, 2.05) is 36.4 Å². The molecule has 2 amide bonds. The van der Waals surface area contributed by atoms with Crippen LogP contribution in [0.25, 0.3) is 0 Å². The molecule has 1 heterocycles. The number of hydrogen-bond donors (Lipinski definition) is 2. The lowest BCUT2D eigenvalue weighted by molar-refractivity contribution is 0.220. The minimum absolute atomic E-state index is 0.280. The minimum atomic E-state index is -0.280. The maximum Gasteiger partial charge on any atom is 0.340 e. The highest BCUT2D eigenvalue weighted by molar-refractivity contribution is 9.10. The minimum Gasteiger partial charge on any atom is -0.458 e. The lowest BCUT2D eigenvalue weighted by atomic mass is 10.3. The van der Waals surface area contributed by atoms with Crippen LogP contribution in [0, 0.1) is 0 Å². The van der Waals surface area contributed by atoms with Crippen molar-refractivity contribution in [2.24, 2.45) is 0 Å². The smallest absolute Gasteiger partial charge is 0.340 e. The van der Waals surface area contributed by atoms with Gasteiger partial charge in [-0.2, -0.15) is 0 Å². The molecule has 1 aliphatic rings. The van der Waals surface area contributed by atoms with E-state index in [0.29, 0.717) is 23.0 Å². The standard InChI is InChI=1S/C18H15BrClN3O2/c19-16-12-13(6-7-17(16)20)21-22-18(24)23-10-8-15(9-11-23)25-14-4-2-1-3-5-14/h1-10,12,21H,11H2,(H,22,24). The topological polar surface area (TPSA) is 53.6 Å². The van der Waals surface area contributed by atoms with Gasteiger partial charge in [0.1, 0.15) is 11.5 Å². The van der Waals surface area contributed by atoms with Gasteiger partial charge in [-0.25, -0.2) is 4.79 Å². The number of urea groups is 1. The number of hydrogen-bond acceptors (Lipinski definition) is 3. The van der Waals surface area contributed by atoms with Gasteiger partial charge in [-0.1, -0.05) is 29.8 Å². The van der Waals surface area contributed by atoms with E-state index >= 15 is 0 Å². The highest BCUT2D eigenvalue weighted by Crippen LogP contribution is 2.25. The van der Waals surface area contributed by atoms with Crippen molar-refractivity contribution in [1.82, 2.24) is 10.3 Å². The summed E-state index contributed by atoms with van der Waals surface area (Å²) < 4.78 is 6.47. The molecule has 0 atom stereocenters. The number of nitrogens with one attached hydrogen (secondary N) is 2. The first-order chi connectivity index (χ1) is 12.1. The Bertz CT molecular complexity index is 824. The van der Waals surface area contributed by atoms with Gasteiger partial charge < -0.3 is 4.74 Å². The Morgan fingerprint density at radius 2 is 2.00 bits per heavy atom. The number of nitrogens with zero attached hydrogens (tertiary/aromatic N) is 1. The summed E-state index contributed by atoms with van der Waals surface area (Å²) in [5, 5.41) is 0.604. The second-order valence-corrected chi connectivity index (χ2v) is 6.44. The quantitative estimate of drug-likeness (QED) is 0.690. The lowest BCUT2D eigenvalue weighted by Gasteiger charge is -2.21. The molecule has 0 fully saturated rings. The normalized spacial score (nSPS) is 13.2. The van der Waals surface area contributed by atoms with E-state index in [2.05, 4.69) is 26.8 Å². The molecule has 7 heteroatoms. The van der Waals surface area contributed by atoms with Gasteiger partial charge in [0.15, 0.2) is 0 Å². The molecule has 25 heavy (non-hydrogen) atoms. The predicted octanol–water partition coefficient (Wildman–Crippen LogP) is 4.93. The van der Waals surface area contributed by atoms with E-state index in [9.17, 15) is 4.79 Å². The number of carbonyl (C=O) groups is 1. The number of ether oxygens (including phenoxy) is 1. The fourth-order valence-corrected chi connectivity index (χ4v) is 2.60. The molecule has 0 saturated heterocycles.